The molecule has 1 saturated heterocycles. The van der Waals surface area contributed by atoms with Gasteiger partial charge in [-0.15, -0.1) is 0 Å². The van der Waals surface area contributed by atoms with Crippen molar-refractivity contribution in [3.05, 3.63) is 18.2 Å². The molecule has 0 saturated carbocycles. The molecule has 0 radical (unpaired) electrons. The van der Waals surface area contributed by atoms with Crippen LogP contribution in [0.4, 0.5) is 11.4 Å². The first-order valence-electron chi connectivity index (χ1n) is 7.05. The summed E-state index contributed by atoms with van der Waals surface area (Å²) in [7, 11) is 2.13. The van der Waals surface area contributed by atoms with Crippen LogP contribution in [-0.2, 0) is 4.79 Å². The van der Waals surface area contributed by atoms with Crippen molar-refractivity contribution in [3.8, 4) is 5.75 Å². The SMILES string of the molecule is CC(C)Oc1c(NC=O)cccc1N1CCN(C)CC1. The Morgan fingerprint density at radius 2 is 1.95 bits per heavy atom. The van der Waals surface area contributed by atoms with E-state index in [2.05, 4.69) is 28.2 Å². The molecule has 0 unspecified atom stereocenters. The van der Waals surface area contributed by atoms with Crippen LogP contribution >= 0.6 is 0 Å². The summed E-state index contributed by atoms with van der Waals surface area (Å²) < 4.78 is 5.93. The van der Waals surface area contributed by atoms with Gasteiger partial charge in [0.25, 0.3) is 0 Å². The predicted octanol–water partition coefficient (Wildman–Crippen LogP) is 1.79. The van der Waals surface area contributed by atoms with Gasteiger partial charge in [-0.2, -0.15) is 0 Å². The van der Waals surface area contributed by atoms with Crippen LogP contribution in [-0.4, -0.2) is 50.6 Å². The van der Waals surface area contributed by atoms with Gasteiger partial charge in [0.1, 0.15) is 0 Å². The van der Waals surface area contributed by atoms with E-state index in [1.54, 1.807) is 0 Å². The second kappa shape index (κ2) is 6.61. The zero-order valence-electron chi connectivity index (χ0n) is 12.4. The minimum absolute atomic E-state index is 0.0656. The highest BCUT2D eigenvalue weighted by Crippen LogP contribution is 2.36. The number of anilines is 2. The zero-order valence-corrected chi connectivity index (χ0v) is 12.4. The Labute approximate surface area is 120 Å². The molecule has 1 amide bonds. The first kappa shape index (κ1) is 14.7. The summed E-state index contributed by atoms with van der Waals surface area (Å²) >= 11 is 0. The molecule has 1 aromatic carbocycles. The number of carbonyl (C=O) groups is 1. The second-order valence-electron chi connectivity index (χ2n) is 5.37. The van der Waals surface area contributed by atoms with Crippen LogP contribution in [0.25, 0.3) is 0 Å². The first-order chi connectivity index (χ1) is 9.61. The quantitative estimate of drug-likeness (QED) is 0.834. The standard InChI is InChI=1S/C15H23N3O2/c1-12(2)20-15-13(16-11-19)5-4-6-14(15)18-9-7-17(3)8-10-18/h4-6,11-12H,7-10H2,1-3H3,(H,16,19). The minimum Gasteiger partial charge on any atom is -0.487 e. The van der Waals surface area contributed by atoms with Crippen LogP contribution in [0.1, 0.15) is 13.8 Å². The molecular weight excluding hydrogens is 254 g/mol. The van der Waals surface area contributed by atoms with Crippen LogP contribution in [0.2, 0.25) is 0 Å². The normalized spacial score (nSPS) is 16.3. The third-order valence-electron chi connectivity index (χ3n) is 3.41. The summed E-state index contributed by atoms with van der Waals surface area (Å²) in [5, 5.41) is 2.73. The van der Waals surface area contributed by atoms with Gasteiger partial charge in [0, 0.05) is 26.2 Å². The van der Waals surface area contributed by atoms with E-state index in [9.17, 15) is 4.79 Å². The van der Waals surface area contributed by atoms with Crippen molar-refractivity contribution in [1.82, 2.24) is 4.90 Å². The topological polar surface area (TPSA) is 44.8 Å². The number of ether oxygens (including phenoxy) is 1. The molecule has 2 rings (SSSR count). The maximum absolute atomic E-state index is 10.8. The summed E-state index contributed by atoms with van der Waals surface area (Å²) in [6.07, 6.45) is 0.756. The molecule has 5 nitrogen and oxygen atoms in total. The van der Waals surface area contributed by atoms with Gasteiger partial charge in [-0.1, -0.05) is 6.07 Å². The van der Waals surface area contributed by atoms with E-state index in [1.807, 2.05) is 26.0 Å². The van der Waals surface area contributed by atoms with Crippen molar-refractivity contribution >= 4 is 17.8 Å². The molecule has 0 bridgehead atoms. The summed E-state index contributed by atoms with van der Waals surface area (Å²) in [4.78, 5) is 15.4. The lowest BCUT2D eigenvalue weighted by atomic mass is 10.2. The largest absolute Gasteiger partial charge is 0.487 e. The molecule has 1 fully saturated rings. The lowest BCUT2D eigenvalue weighted by Gasteiger charge is -2.35. The summed E-state index contributed by atoms with van der Waals surface area (Å²) in [6.45, 7) is 7.99. The zero-order chi connectivity index (χ0) is 14.5. The lowest BCUT2D eigenvalue weighted by Crippen LogP contribution is -2.44. The van der Waals surface area contributed by atoms with Crippen molar-refractivity contribution in [3.63, 3.8) is 0 Å². The van der Waals surface area contributed by atoms with Gasteiger partial charge in [-0.05, 0) is 33.0 Å². The molecule has 20 heavy (non-hydrogen) atoms. The highest BCUT2D eigenvalue weighted by Gasteiger charge is 2.20. The molecule has 0 atom stereocenters. The number of carbonyl (C=O) groups excluding carboxylic acids is 1. The van der Waals surface area contributed by atoms with Gasteiger partial charge >= 0.3 is 0 Å². The lowest BCUT2D eigenvalue weighted by molar-refractivity contribution is -0.105. The van der Waals surface area contributed by atoms with Crippen LogP contribution in [0, 0.1) is 0 Å². The van der Waals surface area contributed by atoms with Crippen molar-refractivity contribution in [1.29, 1.82) is 0 Å². The maximum Gasteiger partial charge on any atom is 0.211 e. The van der Waals surface area contributed by atoms with Crippen molar-refractivity contribution in [2.75, 3.05) is 43.4 Å². The Hall–Kier alpha value is -1.75. The average molecular weight is 277 g/mol. The van der Waals surface area contributed by atoms with Crippen LogP contribution in [0.5, 0.6) is 5.75 Å². The monoisotopic (exact) mass is 277 g/mol. The Morgan fingerprint density at radius 3 is 2.55 bits per heavy atom. The highest BCUT2D eigenvalue weighted by atomic mass is 16.5. The maximum atomic E-state index is 10.8. The van der Waals surface area contributed by atoms with Crippen LogP contribution in [0.3, 0.4) is 0 Å². The third-order valence-corrected chi connectivity index (χ3v) is 3.41. The number of nitrogens with one attached hydrogen (secondary N) is 1. The first-order valence-corrected chi connectivity index (χ1v) is 7.05. The molecule has 0 aromatic heterocycles. The number of nitrogens with zero attached hydrogens (tertiary/aromatic N) is 2. The number of rotatable bonds is 5. The van der Waals surface area contributed by atoms with Gasteiger partial charge in [-0.3, -0.25) is 4.79 Å². The number of para-hydroxylation sites is 1. The van der Waals surface area contributed by atoms with E-state index in [4.69, 9.17) is 4.74 Å². The minimum atomic E-state index is 0.0656. The smallest absolute Gasteiger partial charge is 0.211 e. The van der Waals surface area contributed by atoms with Crippen molar-refractivity contribution < 1.29 is 9.53 Å². The molecule has 1 aromatic rings. The number of amides is 1. The fraction of sp³-hybridized carbons (Fsp3) is 0.533. The number of piperazine rings is 1. The summed E-state index contributed by atoms with van der Waals surface area (Å²) in [6, 6.07) is 5.87. The van der Waals surface area contributed by atoms with Crippen molar-refractivity contribution in [2.45, 2.75) is 20.0 Å². The van der Waals surface area contributed by atoms with E-state index in [0.717, 1.165) is 43.3 Å². The van der Waals surface area contributed by atoms with Gasteiger partial charge in [0.15, 0.2) is 5.75 Å². The highest BCUT2D eigenvalue weighted by molar-refractivity contribution is 5.81. The molecule has 1 N–H and O–H groups in total. The molecule has 0 aliphatic carbocycles. The van der Waals surface area contributed by atoms with Crippen LogP contribution in [0.15, 0.2) is 18.2 Å². The van der Waals surface area contributed by atoms with E-state index >= 15 is 0 Å². The fourth-order valence-electron chi connectivity index (χ4n) is 2.36. The van der Waals surface area contributed by atoms with E-state index in [1.165, 1.54) is 0 Å². The number of likely N-dealkylation sites (N-methyl/N-ethyl adjacent to an activating group) is 1. The molecule has 0 spiro atoms. The summed E-state index contributed by atoms with van der Waals surface area (Å²) in [5.74, 6) is 0.763. The predicted molar refractivity (Wildman–Crippen MR) is 81.6 cm³/mol. The van der Waals surface area contributed by atoms with Crippen molar-refractivity contribution in [2.24, 2.45) is 0 Å². The third kappa shape index (κ3) is 3.42. The van der Waals surface area contributed by atoms with E-state index in [-0.39, 0.29) is 6.10 Å². The molecular formula is C15H23N3O2. The Bertz CT molecular complexity index is 454. The van der Waals surface area contributed by atoms with Gasteiger partial charge in [-0.25, -0.2) is 0 Å². The second-order valence-corrected chi connectivity index (χ2v) is 5.37. The summed E-state index contributed by atoms with van der Waals surface area (Å²) in [5.41, 5.74) is 1.78. The average Bonchev–Trinajstić information content (AvgIpc) is 2.41. The molecule has 1 aliphatic heterocycles. The van der Waals surface area contributed by atoms with Gasteiger partial charge in [0.05, 0.1) is 17.5 Å². The Kier molecular flexibility index (Phi) is 4.84. The van der Waals surface area contributed by atoms with Crippen LogP contribution < -0.4 is 15.0 Å². The van der Waals surface area contributed by atoms with Gasteiger partial charge < -0.3 is 19.9 Å². The molecule has 1 aliphatic rings. The molecule has 1 heterocycles. The molecule has 5 heteroatoms. The van der Waals surface area contributed by atoms with Gasteiger partial charge in [0.2, 0.25) is 6.41 Å². The van der Waals surface area contributed by atoms with E-state index in [0.29, 0.717) is 6.41 Å². The number of hydrogen-bond donors (Lipinski definition) is 1. The number of benzene rings is 1. The molecule has 110 valence electrons. The van der Waals surface area contributed by atoms with E-state index < -0.39 is 0 Å². The Morgan fingerprint density at radius 1 is 1.25 bits per heavy atom. The Balaban J connectivity index is 2.30. The number of hydrogen-bond acceptors (Lipinski definition) is 4. The fourth-order valence-corrected chi connectivity index (χ4v) is 2.36.